The van der Waals surface area contributed by atoms with Gasteiger partial charge in [-0.15, -0.1) is 11.3 Å². The van der Waals surface area contributed by atoms with E-state index in [1.165, 1.54) is 36.6 Å². The number of hydrogen-bond acceptors (Lipinski definition) is 5. The van der Waals surface area contributed by atoms with Crippen LogP contribution in [0.5, 0.6) is 11.5 Å². The number of thiazole rings is 1. The van der Waals surface area contributed by atoms with Gasteiger partial charge >= 0.3 is 6.18 Å². The molecule has 1 unspecified atom stereocenters. The molecule has 0 saturated carbocycles. The van der Waals surface area contributed by atoms with Crippen LogP contribution < -0.4 is 10.1 Å². The van der Waals surface area contributed by atoms with Gasteiger partial charge in [0.1, 0.15) is 22.3 Å². The monoisotopic (exact) mass is 454 g/mol. The van der Waals surface area contributed by atoms with E-state index in [0.717, 1.165) is 0 Å². The van der Waals surface area contributed by atoms with E-state index in [2.05, 4.69) is 10.3 Å². The molecule has 0 fully saturated rings. The van der Waals surface area contributed by atoms with E-state index in [1.54, 1.807) is 24.3 Å². The lowest BCUT2D eigenvalue weighted by Gasteiger charge is -2.27. The molecule has 1 heterocycles. The van der Waals surface area contributed by atoms with Gasteiger partial charge in [0.05, 0.1) is 6.42 Å². The van der Waals surface area contributed by atoms with Crippen LogP contribution in [-0.4, -0.2) is 22.2 Å². The molecule has 3 rings (SSSR count). The van der Waals surface area contributed by atoms with Gasteiger partial charge in [-0.25, -0.2) is 9.37 Å². The Labute approximate surface area is 179 Å². The highest BCUT2D eigenvalue weighted by atomic mass is 32.1. The molecule has 31 heavy (non-hydrogen) atoms. The van der Waals surface area contributed by atoms with Crippen LogP contribution >= 0.6 is 11.3 Å². The van der Waals surface area contributed by atoms with Crippen molar-refractivity contribution in [2.45, 2.75) is 31.7 Å². The van der Waals surface area contributed by atoms with E-state index in [4.69, 9.17) is 4.74 Å². The van der Waals surface area contributed by atoms with Gasteiger partial charge in [0.15, 0.2) is 0 Å². The second-order valence-corrected chi connectivity index (χ2v) is 7.66. The topological polar surface area (TPSA) is 71.5 Å². The number of rotatable bonds is 7. The molecule has 10 heteroatoms. The molecule has 164 valence electrons. The summed E-state index contributed by atoms with van der Waals surface area (Å²) in [4.78, 5) is 15.8. The van der Waals surface area contributed by atoms with E-state index in [0.29, 0.717) is 34.1 Å². The highest BCUT2D eigenvalue weighted by Crippen LogP contribution is 2.42. The van der Waals surface area contributed by atoms with Gasteiger partial charge in [-0.2, -0.15) is 13.2 Å². The maximum absolute atomic E-state index is 13.5. The van der Waals surface area contributed by atoms with Crippen molar-refractivity contribution in [1.29, 1.82) is 0 Å². The Morgan fingerprint density at radius 1 is 1.10 bits per heavy atom. The number of alkyl halides is 3. The molecule has 1 aromatic heterocycles. The Morgan fingerprint density at radius 3 is 2.19 bits per heavy atom. The predicted octanol–water partition coefficient (Wildman–Crippen LogP) is 4.84. The lowest BCUT2D eigenvalue weighted by molar-refractivity contribution is -0.267. The van der Waals surface area contributed by atoms with Crippen molar-refractivity contribution in [3.63, 3.8) is 0 Å². The molecule has 1 amide bonds. The average Bonchev–Trinajstić information content (AvgIpc) is 3.15. The van der Waals surface area contributed by atoms with Gasteiger partial charge in [0, 0.05) is 17.6 Å². The summed E-state index contributed by atoms with van der Waals surface area (Å²) in [5.74, 6) is -0.459. The van der Waals surface area contributed by atoms with Crippen LogP contribution in [0.3, 0.4) is 0 Å². The fourth-order valence-electron chi connectivity index (χ4n) is 2.65. The molecule has 0 saturated heterocycles. The van der Waals surface area contributed by atoms with Crippen molar-refractivity contribution < 1.29 is 32.2 Å². The van der Waals surface area contributed by atoms with Crippen LogP contribution in [0.25, 0.3) is 0 Å². The lowest BCUT2D eigenvalue weighted by atomic mass is 9.99. The number of nitrogens with one attached hydrogen (secondary N) is 1. The Morgan fingerprint density at radius 2 is 1.68 bits per heavy atom. The standard InChI is InChI=1S/C21H18F4N2O3S/c1-13-12-31-19(27-13)20(29,21(23,24)25)10-18(28)26-11-14-2-6-16(7-3-14)30-17-8-4-15(22)5-9-17/h2-9,12,29H,10-11H2,1H3,(H,26,28). The van der Waals surface area contributed by atoms with E-state index < -0.39 is 29.1 Å². The van der Waals surface area contributed by atoms with Gasteiger partial charge in [0.25, 0.3) is 0 Å². The van der Waals surface area contributed by atoms with E-state index in [-0.39, 0.29) is 12.4 Å². The van der Waals surface area contributed by atoms with Gasteiger partial charge < -0.3 is 15.2 Å². The number of nitrogens with zero attached hydrogens (tertiary/aromatic N) is 1. The van der Waals surface area contributed by atoms with Crippen molar-refractivity contribution in [2.24, 2.45) is 0 Å². The van der Waals surface area contributed by atoms with Crippen molar-refractivity contribution in [2.75, 3.05) is 0 Å². The van der Waals surface area contributed by atoms with Crippen LogP contribution in [0, 0.1) is 12.7 Å². The molecule has 2 aromatic carbocycles. The molecule has 3 aromatic rings. The minimum absolute atomic E-state index is 0.0412. The van der Waals surface area contributed by atoms with Crippen molar-refractivity contribution in [3.05, 3.63) is 76.0 Å². The first-order valence-electron chi connectivity index (χ1n) is 9.07. The van der Waals surface area contributed by atoms with Crippen LogP contribution in [0.4, 0.5) is 17.6 Å². The third-order valence-electron chi connectivity index (χ3n) is 4.32. The number of hydrogen-bond donors (Lipinski definition) is 2. The number of aromatic nitrogens is 1. The summed E-state index contributed by atoms with van der Waals surface area (Å²) >= 11 is 0.647. The number of carbonyl (C=O) groups excluding carboxylic acids is 1. The summed E-state index contributed by atoms with van der Waals surface area (Å²) in [5.41, 5.74) is -2.42. The maximum atomic E-state index is 13.5. The summed E-state index contributed by atoms with van der Waals surface area (Å²) in [7, 11) is 0. The maximum Gasteiger partial charge on any atom is 0.424 e. The van der Waals surface area contributed by atoms with Crippen LogP contribution in [0.15, 0.2) is 53.9 Å². The second kappa shape index (κ2) is 9.03. The summed E-state index contributed by atoms with van der Waals surface area (Å²) in [6.45, 7) is 1.46. The Kier molecular flexibility index (Phi) is 6.61. The molecule has 0 aliphatic heterocycles. The first kappa shape index (κ1) is 22.7. The Hall–Kier alpha value is -2.98. The average molecular weight is 454 g/mol. The fraction of sp³-hybridized carbons (Fsp3) is 0.238. The van der Waals surface area contributed by atoms with E-state index >= 15 is 0 Å². The largest absolute Gasteiger partial charge is 0.457 e. The molecule has 0 aliphatic rings. The highest BCUT2D eigenvalue weighted by Gasteiger charge is 2.58. The second-order valence-electron chi connectivity index (χ2n) is 6.81. The summed E-state index contributed by atoms with van der Waals surface area (Å²) in [6.07, 6.45) is -6.26. The Balaban J connectivity index is 1.60. The molecule has 0 radical (unpaired) electrons. The van der Waals surface area contributed by atoms with E-state index in [9.17, 15) is 27.5 Å². The van der Waals surface area contributed by atoms with Gasteiger partial charge in [-0.05, 0) is 48.9 Å². The SMILES string of the molecule is Cc1csc(C(O)(CC(=O)NCc2ccc(Oc3ccc(F)cc3)cc2)C(F)(F)F)n1. The first-order valence-corrected chi connectivity index (χ1v) is 9.95. The molecular weight excluding hydrogens is 436 g/mol. The lowest BCUT2D eigenvalue weighted by Crippen LogP contribution is -2.46. The van der Waals surface area contributed by atoms with Crippen molar-refractivity contribution in [3.8, 4) is 11.5 Å². The first-order chi connectivity index (χ1) is 14.6. The fourth-order valence-corrected chi connectivity index (χ4v) is 3.57. The number of ether oxygens (including phenoxy) is 1. The zero-order valence-electron chi connectivity index (χ0n) is 16.2. The molecule has 5 nitrogen and oxygen atoms in total. The minimum atomic E-state index is -5.06. The van der Waals surface area contributed by atoms with Gasteiger partial charge in [0.2, 0.25) is 11.5 Å². The number of carbonyl (C=O) groups is 1. The molecule has 2 N–H and O–H groups in total. The number of benzene rings is 2. The summed E-state index contributed by atoms with van der Waals surface area (Å²) in [6, 6.07) is 11.9. The highest BCUT2D eigenvalue weighted by molar-refractivity contribution is 7.09. The summed E-state index contributed by atoms with van der Waals surface area (Å²) < 4.78 is 58.9. The van der Waals surface area contributed by atoms with Crippen LogP contribution in [-0.2, 0) is 16.9 Å². The molecule has 1 atom stereocenters. The normalized spacial score (nSPS) is 13.5. The number of halogens is 4. The quantitative estimate of drug-likeness (QED) is 0.502. The smallest absolute Gasteiger partial charge is 0.424 e. The predicted molar refractivity (Wildman–Crippen MR) is 106 cm³/mol. The zero-order valence-corrected chi connectivity index (χ0v) is 17.1. The number of aryl methyl sites for hydroxylation is 1. The third-order valence-corrected chi connectivity index (χ3v) is 5.43. The number of amides is 1. The molecule has 0 aliphatic carbocycles. The molecule has 0 bridgehead atoms. The van der Waals surface area contributed by atoms with Gasteiger partial charge in [-0.1, -0.05) is 12.1 Å². The van der Waals surface area contributed by atoms with Crippen molar-refractivity contribution in [1.82, 2.24) is 10.3 Å². The number of aliphatic hydroxyl groups is 1. The van der Waals surface area contributed by atoms with E-state index in [1.807, 2.05) is 0 Å². The van der Waals surface area contributed by atoms with Crippen LogP contribution in [0.2, 0.25) is 0 Å². The summed E-state index contributed by atoms with van der Waals surface area (Å²) in [5, 5.41) is 13.4. The molecular formula is C21H18F4N2O3S. The zero-order chi connectivity index (χ0) is 22.6. The molecule has 0 spiro atoms. The third kappa shape index (κ3) is 5.59. The van der Waals surface area contributed by atoms with Gasteiger partial charge in [-0.3, -0.25) is 4.79 Å². The van der Waals surface area contributed by atoms with Crippen molar-refractivity contribution >= 4 is 17.2 Å². The minimum Gasteiger partial charge on any atom is -0.457 e. The van der Waals surface area contributed by atoms with Crippen LogP contribution in [0.1, 0.15) is 22.7 Å². The Bertz CT molecular complexity index is 1040.